The normalized spacial score (nSPS) is 24.7. The number of hydrogen-bond acceptors (Lipinski definition) is 4. The third-order valence-electron chi connectivity index (χ3n) is 4.63. The summed E-state index contributed by atoms with van der Waals surface area (Å²) in [5.74, 6) is -0.333. The van der Waals surface area contributed by atoms with Crippen molar-refractivity contribution in [2.45, 2.75) is 25.4 Å². The second kappa shape index (κ2) is 6.84. The maximum Gasteiger partial charge on any atom is 0.225 e. The number of nitrogens with zero attached hydrogens (tertiary/aromatic N) is 1. The first kappa shape index (κ1) is 16.2. The van der Waals surface area contributed by atoms with Crippen molar-refractivity contribution in [3.63, 3.8) is 0 Å². The number of hydrogen-bond donors (Lipinski definition) is 2. The molecule has 5 nitrogen and oxygen atoms in total. The molecule has 2 N–H and O–H groups in total. The van der Waals surface area contributed by atoms with E-state index in [4.69, 9.17) is 4.74 Å². The van der Waals surface area contributed by atoms with Gasteiger partial charge in [-0.15, -0.1) is 0 Å². The third kappa shape index (κ3) is 3.82. The van der Waals surface area contributed by atoms with Crippen LogP contribution in [0.3, 0.4) is 0 Å². The molecule has 1 aliphatic carbocycles. The molecular formula is C17H23FN2O3. The average molecular weight is 322 g/mol. The number of carbonyl (C=O) groups is 1. The highest BCUT2D eigenvalue weighted by atomic mass is 19.1. The van der Waals surface area contributed by atoms with Gasteiger partial charge in [0.1, 0.15) is 0 Å². The highest BCUT2D eigenvalue weighted by Crippen LogP contribution is 2.28. The van der Waals surface area contributed by atoms with Gasteiger partial charge in [0, 0.05) is 38.2 Å². The van der Waals surface area contributed by atoms with Crippen LogP contribution in [-0.2, 0) is 11.3 Å². The summed E-state index contributed by atoms with van der Waals surface area (Å²) in [4.78, 5) is 14.4. The zero-order valence-corrected chi connectivity index (χ0v) is 13.3. The fourth-order valence-electron chi connectivity index (χ4n) is 3.17. The van der Waals surface area contributed by atoms with E-state index in [0.717, 1.165) is 18.4 Å². The first-order chi connectivity index (χ1) is 11.1. The Balaban J connectivity index is 1.63. The fourth-order valence-corrected chi connectivity index (χ4v) is 3.17. The van der Waals surface area contributed by atoms with Crippen LogP contribution in [0.5, 0.6) is 5.75 Å². The Bertz CT molecular complexity index is 577. The Morgan fingerprint density at radius 2 is 2.22 bits per heavy atom. The molecule has 23 heavy (non-hydrogen) atoms. The van der Waals surface area contributed by atoms with Crippen molar-refractivity contribution in [2.24, 2.45) is 11.8 Å². The van der Waals surface area contributed by atoms with Crippen LogP contribution in [0.2, 0.25) is 0 Å². The third-order valence-corrected chi connectivity index (χ3v) is 4.63. The number of nitrogens with one attached hydrogen (secondary N) is 1. The van der Waals surface area contributed by atoms with E-state index in [1.165, 1.54) is 13.2 Å². The summed E-state index contributed by atoms with van der Waals surface area (Å²) in [6, 6.07) is 5.13. The Labute approximate surface area is 135 Å². The van der Waals surface area contributed by atoms with E-state index in [9.17, 15) is 14.3 Å². The lowest BCUT2D eigenvalue weighted by Crippen LogP contribution is -2.37. The van der Waals surface area contributed by atoms with E-state index in [0.29, 0.717) is 25.7 Å². The molecule has 0 unspecified atom stereocenters. The van der Waals surface area contributed by atoms with Crippen LogP contribution in [0.4, 0.5) is 4.39 Å². The molecule has 1 heterocycles. The number of rotatable bonds is 6. The van der Waals surface area contributed by atoms with Gasteiger partial charge in [-0.1, -0.05) is 6.07 Å². The number of ether oxygens (including phenoxy) is 1. The molecule has 2 atom stereocenters. The van der Waals surface area contributed by atoms with Crippen LogP contribution in [0.15, 0.2) is 18.2 Å². The van der Waals surface area contributed by atoms with Crippen molar-refractivity contribution in [3.8, 4) is 5.75 Å². The van der Waals surface area contributed by atoms with Crippen molar-refractivity contribution < 1.29 is 19.0 Å². The zero-order chi connectivity index (χ0) is 16.4. The molecular weight excluding hydrogens is 299 g/mol. The summed E-state index contributed by atoms with van der Waals surface area (Å²) in [7, 11) is 1.44. The molecule has 1 amide bonds. The highest BCUT2D eigenvalue weighted by Gasteiger charge is 2.38. The molecule has 0 aromatic heterocycles. The second-order valence-electron chi connectivity index (χ2n) is 6.49. The summed E-state index contributed by atoms with van der Waals surface area (Å²) >= 11 is 0. The van der Waals surface area contributed by atoms with Crippen molar-refractivity contribution >= 4 is 5.91 Å². The molecule has 1 aromatic carbocycles. The minimum atomic E-state index is -0.382. The van der Waals surface area contributed by atoms with Crippen molar-refractivity contribution in [1.29, 1.82) is 0 Å². The van der Waals surface area contributed by atoms with Gasteiger partial charge < -0.3 is 15.2 Å². The molecule has 1 saturated carbocycles. The van der Waals surface area contributed by atoms with Gasteiger partial charge in [-0.25, -0.2) is 4.39 Å². The van der Waals surface area contributed by atoms with Crippen LogP contribution >= 0.6 is 0 Å². The SMILES string of the molecule is COc1cc(CN2C[C@@H](CO)[C@H](C(=O)NC3CC3)C2)ccc1F. The minimum absolute atomic E-state index is 0.00594. The second-order valence-corrected chi connectivity index (χ2v) is 6.49. The fraction of sp³-hybridized carbons (Fsp3) is 0.588. The van der Waals surface area contributed by atoms with E-state index in [1.807, 2.05) is 0 Å². The monoisotopic (exact) mass is 322 g/mol. The van der Waals surface area contributed by atoms with Gasteiger partial charge in [-0.3, -0.25) is 9.69 Å². The summed E-state index contributed by atoms with van der Waals surface area (Å²) in [5, 5.41) is 12.6. The van der Waals surface area contributed by atoms with E-state index in [-0.39, 0.29) is 35.9 Å². The topological polar surface area (TPSA) is 61.8 Å². The molecule has 3 rings (SSSR count). The number of amides is 1. The number of carbonyl (C=O) groups excluding carboxylic acids is 1. The van der Waals surface area contributed by atoms with Gasteiger partial charge in [0.15, 0.2) is 11.6 Å². The predicted octanol–water partition coefficient (Wildman–Crippen LogP) is 1.15. The number of methoxy groups -OCH3 is 1. The van der Waals surface area contributed by atoms with Gasteiger partial charge in [-0.05, 0) is 30.5 Å². The Hall–Kier alpha value is -1.66. The van der Waals surface area contributed by atoms with Crippen LogP contribution in [0.25, 0.3) is 0 Å². The van der Waals surface area contributed by atoms with Crippen molar-refractivity contribution in [2.75, 3.05) is 26.8 Å². The number of aliphatic hydroxyl groups is 1. The summed E-state index contributed by atoms with van der Waals surface area (Å²) < 4.78 is 18.5. The van der Waals surface area contributed by atoms with Crippen LogP contribution < -0.4 is 10.1 Å². The smallest absolute Gasteiger partial charge is 0.225 e. The lowest BCUT2D eigenvalue weighted by Gasteiger charge is -2.16. The number of aliphatic hydroxyl groups excluding tert-OH is 1. The summed E-state index contributed by atoms with van der Waals surface area (Å²) in [6.07, 6.45) is 2.11. The Morgan fingerprint density at radius 1 is 1.43 bits per heavy atom. The van der Waals surface area contributed by atoms with Gasteiger partial charge in [-0.2, -0.15) is 0 Å². The molecule has 1 aromatic rings. The van der Waals surface area contributed by atoms with E-state index in [1.54, 1.807) is 12.1 Å². The van der Waals surface area contributed by atoms with Crippen molar-refractivity contribution in [3.05, 3.63) is 29.6 Å². The first-order valence-electron chi connectivity index (χ1n) is 8.06. The Morgan fingerprint density at radius 3 is 2.87 bits per heavy atom. The van der Waals surface area contributed by atoms with Gasteiger partial charge >= 0.3 is 0 Å². The molecule has 0 bridgehead atoms. The van der Waals surface area contributed by atoms with E-state index in [2.05, 4.69) is 10.2 Å². The van der Waals surface area contributed by atoms with E-state index >= 15 is 0 Å². The van der Waals surface area contributed by atoms with Crippen LogP contribution in [0, 0.1) is 17.7 Å². The molecule has 1 aliphatic heterocycles. The first-order valence-corrected chi connectivity index (χ1v) is 8.06. The standard InChI is InChI=1S/C17H23FN2O3/c1-23-16-6-11(2-5-15(16)18)7-20-8-12(10-21)14(9-20)17(22)19-13-3-4-13/h2,5-6,12-14,21H,3-4,7-10H2,1H3,(H,19,22)/t12-,14+/m0/s1. The van der Waals surface area contributed by atoms with Crippen molar-refractivity contribution in [1.82, 2.24) is 10.2 Å². The lowest BCUT2D eigenvalue weighted by molar-refractivity contribution is -0.126. The largest absolute Gasteiger partial charge is 0.494 e. The number of halogens is 1. The predicted molar refractivity (Wildman–Crippen MR) is 83.5 cm³/mol. The molecule has 2 fully saturated rings. The minimum Gasteiger partial charge on any atom is -0.494 e. The van der Waals surface area contributed by atoms with Gasteiger partial charge in [0.05, 0.1) is 13.0 Å². The van der Waals surface area contributed by atoms with Crippen LogP contribution in [-0.4, -0.2) is 48.8 Å². The molecule has 126 valence electrons. The maximum absolute atomic E-state index is 13.5. The molecule has 0 radical (unpaired) electrons. The molecule has 1 saturated heterocycles. The van der Waals surface area contributed by atoms with Gasteiger partial charge in [0.2, 0.25) is 5.91 Å². The summed E-state index contributed by atoms with van der Waals surface area (Å²) in [5.41, 5.74) is 0.934. The molecule has 0 spiro atoms. The summed E-state index contributed by atoms with van der Waals surface area (Å²) in [6.45, 7) is 1.90. The van der Waals surface area contributed by atoms with Gasteiger partial charge in [0.25, 0.3) is 0 Å². The lowest BCUT2D eigenvalue weighted by atomic mass is 9.96. The molecule has 6 heteroatoms. The maximum atomic E-state index is 13.5. The molecule has 2 aliphatic rings. The average Bonchev–Trinajstić information content (AvgIpc) is 3.26. The van der Waals surface area contributed by atoms with Crippen LogP contribution in [0.1, 0.15) is 18.4 Å². The highest BCUT2D eigenvalue weighted by molar-refractivity contribution is 5.80. The Kier molecular flexibility index (Phi) is 4.82. The number of benzene rings is 1. The zero-order valence-electron chi connectivity index (χ0n) is 13.3. The quantitative estimate of drug-likeness (QED) is 0.825. The van der Waals surface area contributed by atoms with E-state index < -0.39 is 0 Å². The number of likely N-dealkylation sites (tertiary alicyclic amines) is 1.